The highest BCUT2D eigenvalue weighted by Crippen LogP contribution is 2.29. The first-order chi connectivity index (χ1) is 13.6. The van der Waals surface area contributed by atoms with Gasteiger partial charge in [-0.25, -0.2) is 0 Å². The van der Waals surface area contributed by atoms with Crippen molar-refractivity contribution in [3.63, 3.8) is 0 Å². The van der Waals surface area contributed by atoms with Gasteiger partial charge in [0.1, 0.15) is 11.5 Å². The lowest BCUT2D eigenvalue weighted by Gasteiger charge is -2.07. The summed E-state index contributed by atoms with van der Waals surface area (Å²) in [6.07, 6.45) is 5.96. The Hall–Kier alpha value is -3.66. The van der Waals surface area contributed by atoms with E-state index in [9.17, 15) is 14.7 Å². The predicted octanol–water partition coefficient (Wildman–Crippen LogP) is 4.81. The number of aromatic hydroxyl groups is 1. The van der Waals surface area contributed by atoms with E-state index in [-0.39, 0.29) is 23.7 Å². The van der Waals surface area contributed by atoms with Crippen LogP contribution in [0, 0.1) is 0 Å². The van der Waals surface area contributed by atoms with Gasteiger partial charge in [-0.2, -0.15) is 0 Å². The molecule has 3 rings (SSSR count). The van der Waals surface area contributed by atoms with Crippen molar-refractivity contribution in [3.8, 4) is 11.5 Å². The molecule has 0 spiro atoms. The van der Waals surface area contributed by atoms with Crippen LogP contribution >= 0.6 is 0 Å². The fourth-order valence-corrected chi connectivity index (χ4v) is 2.86. The number of hydrogen-bond donors (Lipinski definition) is 1. The molecule has 4 heteroatoms. The van der Waals surface area contributed by atoms with Gasteiger partial charge in [-0.05, 0) is 46.9 Å². The van der Waals surface area contributed by atoms with E-state index < -0.39 is 0 Å². The first kappa shape index (κ1) is 19.1. The van der Waals surface area contributed by atoms with Crippen LogP contribution in [0.15, 0.2) is 72.8 Å². The fraction of sp³-hybridized carbons (Fsp3) is 0.0833. The monoisotopic (exact) mass is 372 g/mol. The van der Waals surface area contributed by atoms with Crippen LogP contribution in [0.5, 0.6) is 11.5 Å². The minimum atomic E-state index is -0.276. The van der Waals surface area contributed by atoms with Crippen molar-refractivity contribution < 1.29 is 19.4 Å². The van der Waals surface area contributed by atoms with Gasteiger partial charge in [-0.3, -0.25) is 9.59 Å². The Balaban J connectivity index is 1.68. The van der Waals surface area contributed by atoms with E-state index in [0.717, 1.165) is 27.6 Å². The van der Waals surface area contributed by atoms with E-state index in [4.69, 9.17) is 4.74 Å². The van der Waals surface area contributed by atoms with E-state index in [2.05, 4.69) is 0 Å². The normalized spacial score (nSPS) is 11.3. The summed E-state index contributed by atoms with van der Waals surface area (Å²) >= 11 is 0. The van der Waals surface area contributed by atoms with Crippen LogP contribution in [0.3, 0.4) is 0 Å². The molecule has 0 fully saturated rings. The smallest absolute Gasteiger partial charge is 0.163 e. The van der Waals surface area contributed by atoms with Crippen LogP contribution in [0.1, 0.15) is 17.5 Å². The summed E-state index contributed by atoms with van der Waals surface area (Å²) < 4.78 is 5.37. The number of fused-ring (bicyclic) bond motifs is 1. The van der Waals surface area contributed by atoms with E-state index in [0.29, 0.717) is 0 Å². The first-order valence-corrected chi connectivity index (χ1v) is 8.83. The largest absolute Gasteiger partial charge is 0.508 e. The molecule has 1 N–H and O–H groups in total. The average Bonchev–Trinajstić information content (AvgIpc) is 2.71. The third-order valence-electron chi connectivity index (χ3n) is 4.29. The number of methoxy groups -OCH3 is 1. The SMILES string of the molecule is COc1ccc(C=CC(=O)CC(=O)C=Cc2ccc(O)cc2)c2ccccc12. The summed E-state index contributed by atoms with van der Waals surface area (Å²) in [5, 5.41) is 11.2. The summed E-state index contributed by atoms with van der Waals surface area (Å²) in [5.74, 6) is 0.394. The zero-order valence-electron chi connectivity index (χ0n) is 15.5. The van der Waals surface area contributed by atoms with Crippen LogP contribution in [0.25, 0.3) is 22.9 Å². The molecule has 0 aliphatic carbocycles. The summed E-state index contributed by atoms with van der Waals surface area (Å²) in [7, 11) is 1.62. The van der Waals surface area contributed by atoms with Crippen molar-refractivity contribution in [2.75, 3.05) is 7.11 Å². The Bertz CT molecular complexity index is 1060. The highest BCUT2D eigenvalue weighted by atomic mass is 16.5. The topological polar surface area (TPSA) is 63.6 Å². The molecule has 0 aliphatic rings. The molecule has 0 heterocycles. The number of ether oxygens (including phenoxy) is 1. The van der Waals surface area contributed by atoms with Crippen molar-refractivity contribution in [1.29, 1.82) is 0 Å². The standard InChI is InChI=1S/C24H20O4/c1-28-24-15-10-18(22-4-2-3-5-23(22)24)9-14-21(27)16-20(26)13-8-17-6-11-19(25)12-7-17/h2-15,25H,16H2,1H3. The Labute approximate surface area is 163 Å². The molecule has 28 heavy (non-hydrogen) atoms. The molecule has 0 bridgehead atoms. The lowest BCUT2D eigenvalue weighted by atomic mass is 10.0. The molecule has 140 valence electrons. The molecular weight excluding hydrogens is 352 g/mol. The van der Waals surface area contributed by atoms with Gasteiger partial charge < -0.3 is 9.84 Å². The third-order valence-corrected chi connectivity index (χ3v) is 4.29. The Morgan fingerprint density at radius 1 is 0.857 bits per heavy atom. The molecule has 0 aliphatic heterocycles. The number of phenolic OH excluding ortho intramolecular Hbond substituents is 1. The van der Waals surface area contributed by atoms with Gasteiger partial charge in [0.05, 0.1) is 13.5 Å². The van der Waals surface area contributed by atoms with Crippen molar-refractivity contribution in [1.82, 2.24) is 0 Å². The quantitative estimate of drug-likeness (QED) is 0.478. The summed E-state index contributed by atoms with van der Waals surface area (Å²) in [4.78, 5) is 24.1. The predicted molar refractivity (Wildman–Crippen MR) is 111 cm³/mol. The Morgan fingerprint density at radius 3 is 2.18 bits per heavy atom. The van der Waals surface area contributed by atoms with E-state index in [1.165, 1.54) is 24.3 Å². The Kier molecular flexibility index (Phi) is 6.02. The second-order valence-corrected chi connectivity index (χ2v) is 6.27. The molecule has 0 aromatic heterocycles. The highest BCUT2D eigenvalue weighted by molar-refractivity contribution is 6.11. The lowest BCUT2D eigenvalue weighted by Crippen LogP contribution is -2.01. The van der Waals surface area contributed by atoms with E-state index in [1.807, 2.05) is 36.4 Å². The van der Waals surface area contributed by atoms with Crippen molar-refractivity contribution in [2.45, 2.75) is 6.42 Å². The number of rotatable bonds is 7. The molecule has 3 aromatic rings. The summed E-state index contributed by atoms with van der Waals surface area (Å²) in [6.45, 7) is 0. The number of benzene rings is 3. The van der Waals surface area contributed by atoms with Gasteiger partial charge in [-0.15, -0.1) is 0 Å². The zero-order valence-corrected chi connectivity index (χ0v) is 15.5. The summed E-state index contributed by atoms with van der Waals surface area (Å²) in [6, 6.07) is 18.0. The van der Waals surface area contributed by atoms with Crippen molar-refractivity contribution in [3.05, 3.63) is 83.9 Å². The fourth-order valence-electron chi connectivity index (χ4n) is 2.86. The average molecular weight is 372 g/mol. The maximum atomic E-state index is 12.1. The van der Waals surface area contributed by atoms with E-state index >= 15 is 0 Å². The first-order valence-electron chi connectivity index (χ1n) is 8.83. The third kappa shape index (κ3) is 4.74. The van der Waals surface area contributed by atoms with Crippen LogP contribution in [0.2, 0.25) is 0 Å². The maximum absolute atomic E-state index is 12.1. The van der Waals surface area contributed by atoms with Gasteiger partial charge in [0.15, 0.2) is 11.6 Å². The molecule has 0 amide bonds. The van der Waals surface area contributed by atoms with Gasteiger partial charge >= 0.3 is 0 Å². The maximum Gasteiger partial charge on any atom is 0.163 e. The highest BCUT2D eigenvalue weighted by Gasteiger charge is 2.06. The van der Waals surface area contributed by atoms with Gasteiger partial charge in [0, 0.05) is 5.39 Å². The van der Waals surface area contributed by atoms with E-state index in [1.54, 1.807) is 31.4 Å². The Morgan fingerprint density at radius 2 is 1.50 bits per heavy atom. The second-order valence-electron chi connectivity index (χ2n) is 6.27. The summed E-state index contributed by atoms with van der Waals surface area (Å²) in [5.41, 5.74) is 1.66. The number of carbonyl (C=O) groups is 2. The molecule has 0 radical (unpaired) electrons. The van der Waals surface area contributed by atoms with Gasteiger partial charge in [0.25, 0.3) is 0 Å². The van der Waals surface area contributed by atoms with Crippen molar-refractivity contribution >= 4 is 34.5 Å². The number of phenols is 1. The molecule has 0 saturated carbocycles. The van der Waals surface area contributed by atoms with Crippen molar-refractivity contribution in [2.24, 2.45) is 0 Å². The molecule has 0 unspecified atom stereocenters. The van der Waals surface area contributed by atoms with Crippen LogP contribution < -0.4 is 4.74 Å². The molecule has 0 atom stereocenters. The minimum absolute atomic E-state index is 0.162. The van der Waals surface area contributed by atoms with Gasteiger partial charge in [-0.1, -0.05) is 54.6 Å². The minimum Gasteiger partial charge on any atom is -0.508 e. The molecule has 0 saturated heterocycles. The zero-order chi connectivity index (χ0) is 19.9. The number of hydrogen-bond acceptors (Lipinski definition) is 4. The second kappa shape index (κ2) is 8.82. The van der Waals surface area contributed by atoms with Crippen LogP contribution in [-0.2, 0) is 9.59 Å². The van der Waals surface area contributed by atoms with Crippen LogP contribution in [0.4, 0.5) is 0 Å². The number of allylic oxidation sites excluding steroid dienone is 2. The lowest BCUT2D eigenvalue weighted by molar-refractivity contribution is -0.121. The number of carbonyl (C=O) groups excluding carboxylic acids is 2. The van der Waals surface area contributed by atoms with Crippen LogP contribution in [-0.4, -0.2) is 23.8 Å². The molecular formula is C24H20O4. The molecule has 3 aromatic carbocycles. The van der Waals surface area contributed by atoms with Gasteiger partial charge in [0.2, 0.25) is 0 Å². The molecule has 4 nitrogen and oxygen atoms in total. The number of ketones is 2.